The highest BCUT2D eigenvalue weighted by Crippen LogP contribution is 2.39. The van der Waals surface area contributed by atoms with Crippen molar-refractivity contribution in [1.29, 1.82) is 0 Å². The van der Waals surface area contributed by atoms with Crippen LogP contribution in [0.4, 0.5) is 34.1 Å². The summed E-state index contributed by atoms with van der Waals surface area (Å²) in [4.78, 5) is 4.63. The number of rotatable bonds is 10. The van der Waals surface area contributed by atoms with Crippen molar-refractivity contribution in [1.82, 2.24) is 0 Å². The summed E-state index contributed by atoms with van der Waals surface area (Å²) >= 11 is 0. The lowest BCUT2D eigenvalue weighted by Gasteiger charge is -2.26. The Morgan fingerprint density at radius 3 is 0.667 bits per heavy atom. The average molecular weight is 731 g/mol. The van der Waals surface area contributed by atoms with Gasteiger partial charge in [-0.15, -0.1) is 0 Å². The number of anilines is 6. The van der Waals surface area contributed by atoms with Crippen LogP contribution in [0.15, 0.2) is 237 Å². The summed E-state index contributed by atoms with van der Waals surface area (Å²) in [5.41, 5.74) is 17.5. The van der Waals surface area contributed by atoms with Gasteiger partial charge >= 0.3 is 0 Å². The van der Waals surface area contributed by atoms with Crippen molar-refractivity contribution in [2.75, 3.05) is 9.80 Å². The maximum atomic E-state index is 2.32. The molecule has 57 heavy (non-hydrogen) atoms. The molecule has 0 N–H and O–H groups in total. The van der Waals surface area contributed by atoms with Gasteiger partial charge in [0.25, 0.3) is 0 Å². The number of hydrogen-bond acceptors (Lipinski definition) is 2. The molecule has 2 heteroatoms. The predicted molar refractivity (Wildman–Crippen MR) is 242 cm³/mol. The van der Waals surface area contributed by atoms with E-state index in [0.717, 1.165) is 34.1 Å². The fourth-order valence-electron chi connectivity index (χ4n) is 7.49. The molecule has 272 valence electrons. The summed E-state index contributed by atoms with van der Waals surface area (Å²) in [7, 11) is 0. The molecule has 0 fully saturated rings. The molecule has 0 amide bonds. The van der Waals surface area contributed by atoms with Crippen molar-refractivity contribution in [2.24, 2.45) is 0 Å². The highest BCUT2D eigenvalue weighted by Gasteiger charge is 2.15. The maximum Gasteiger partial charge on any atom is 0.0462 e. The normalized spacial score (nSPS) is 10.9. The summed E-state index contributed by atoms with van der Waals surface area (Å²) in [6.45, 7) is 2.12. The number of hydrogen-bond donors (Lipinski definition) is 0. The summed E-state index contributed by atoms with van der Waals surface area (Å²) < 4.78 is 0. The molecule has 2 nitrogen and oxygen atoms in total. The fraction of sp³-hybridized carbons (Fsp3) is 0.0182. The van der Waals surface area contributed by atoms with Gasteiger partial charge in [0, 0.05) is 34.1 Å². The molecule has 9 aromatic carbocycles. The van der Waals surface area contributed by atoms with Crippen LogP contribution in [0.3, 0.4) is 0 Å². The molecule has 0 bridgehead atoms. The monoisotopic (exact) mass is 730 g/mol. The minimum atomic E-state index is 1.10. The second kappa shape index (κ2) is 16.1. The van der Waals surface area contributed by atoms with Crippen molar-refractivity contribution >= 4 is 34.1 Å². The van der Waals surface area contributed by atoms with Crippen LogP contribution in [-0.2, 0) is 0 Å². The van der Waals surface area contributed by atoms with Gasteiger partial charge in [0.1, 0.15) is 0 Å². The summed E-state index contributed by atoms with van der Waals surface area (Å²) in [5.74, 6) is 0. The van der Waals surface area contributed by atoms with Crippen LogP contribution in [0.5, 0.6) is 0 Å². The third-order valence-electron chi connectivity index (χ3n) is 10.6. The van der Waals surface area contributed by atoms with Gasteiger partial charge in [-0.2, -0.15) is 0 Å². The first kappa shape index (κ1) is 35.3. The van der Waals surface area contributed by atoms with E-state index in [1.54, 1.807) is 0 Å². The van der Waals surface area contributed by atoms with Crippen LogP contribution in [0.1, 0.15) is 5.56 Å². The SMILES string of the molecule is Cc1ccc(-c2ccc(-c3ccc(N(c4ccccc4)c4ccc(-c5ccc(N(c6ccccc6)c6ccc(-c7ccccc7)cc6)cc5)cc4)cc3)cc2)cc1. The third-order valence-corrected chi connectivity index (χ3v) is 10.6. The number of nitrogens with zero attached hydrogens (tertiary/aromatic N) is 2. The number of para-hydroxylation sites is 2. The molecule has 0 radical (unpaired) electrons. The van der Waals surface area contributed by atoms with Crippen LogP contribution in [0.25, 0.3) is 44.5 Å². The van der Waals surface area contributed by atoms with E-state index in [2.05, 4.69) is 253 Å². The highest BCUT2D eigenvalue weighted by molar-refractivity contribution is 5.82. The summed E-state index contributed by atoms with van der Waals surface area (Å²) in [6.07, 6.45) is 0. The zero-order chi connectivity index (χ0) is 38.4. The summed E-state index contributed by atoms with van der Waals surface area (Å²) in [5, 5.41) is 0. The predicted octanol–water partition coefficient (Wildman–Crippen LogP) is 15.6. The number of aryl methyl sites for hydroxylation is 1. The van der Waals surface area contributed by atoms with Crippen molar-refractivity contribution in [3.63, 3.8) is 0 Å². The first-order valence-corrected chi connectivity index (χ1v) is 19.5. The summed E-state index contributed by atoms with van der Waals surface area (Å²) in [6, 6.07) is 84.7. The lowest BCUT2D eigenvalue weighted by Crippen LogP contribution is -2.10. The molecule has 0 heterocycles. The van der Waals surface area contributed by atoms with Gasteiger partial charge in [0.15, 0.2) is 0 Å². The second-order valence-electron chi connectivity index (χ2n) is 14.3. The number of benzene rings is 9. The Bertz CT molecular complexity index is 2650. The van der Waals surface area contributed by atoms with Gasteiger partial charge in [-0.25, -0.2) is 0 Å². The van der Waals surface area contributed by atoms with E-state index >= 15 is 0 Å². The average Bonchev–Trinajstić information content (AvgIpc) is 3.29. The quantitative estimate of drug-likeness (QED) is 0.138. The van der Waals surface area contributed by atoms with Crippen LogP contribution in [0, 0.1) is 6.92 Å². The van der Waals surface area contributed by atoms with Crippen molar-refractivity contribution in [3.8, 4) is 44.5 Å². The van der Waals surface area contributed by atoms with Gasteiger partial charge in [-0.1, -0.05) is 169 Å². The fourth-order valence-corrected chi connectivity index (χ4v) is 7.49. The van der Waals surface area contributed by atoms with E-state index in [1.165, 1.54) is 50.1 Å². The first-order valence-electron chi connectivity index (χ1n) is 19.5. The van der Waals surface area contributed by atoms with Crippen molar-refractivity contribution in [3.05, 3.63) is 242 Å². The van der Waals surface area contributed by atoms with Crippen LogP contribution in [-0.4, -0.2) is 0 Å². The molecule has 0 unspecified atom stereocenters. The van der Waals surface area contributed by atoms with Crippen molar-refractivity contribution in [2.45, 2.75) is 6.92 Å². The topological polar surface area (TPSA) is 6.48 Å². The van der Waals surface area contributed by atoms with Crippen LogP contribution in [0.2, 0.25) is 0 Å². The van der Waals surface area contributed by atoms with Gasteiger partial charge in [0.2, 0.25) is 0 Å². The molecular weight excluding hydrogens is 689 g/mol. The maximum absolute atomic E-state index is 2.32. The van der Waals surface area contributed by atoms with E-state index in [0.29, 0.717) is 0 Å². The molecule has 0 aliphatic carbocycles. The Balaban J connectivity index is 0.966. The molecule has 0 aliphatic rings. The molecule has 0 spiro atoms. The molecule has 0 saturated heterocycles. The smallest absolute Gasteiger partial charge is 0.0462 e. The van der Waals surface area contributed by atoms with Gasteiger partial charge in [0.05, 0.1) is 0 Å². The van der Waals surface area contributed by atoms with Crippen molar-refractivity contribution < 1.29 is 0 Å². The Hall–Kier alpha value is -7.42. The molecule has 9 aromatic rings. The van der Waals surface area contributed by atoms with Gasteiger partial charge < -0.3 is 9.80 Å². The molecule has 0 atom stereocenters. The van der Waals surface area contributed by atoms with E-state index in [1.807, 2.05) is 0 Å². The standard InChI is InChI=1S/C55H42N2/c1-41-17-19-43(20-18-41)44-21-23-45(24-22-44)47-27-35-53(36-28-47)57(51-15-9-4-10-16-51)55-39-31-49(32-40-55)48-29-37-54(38-30-48)56(50-13-7-3-8-14-50)52-33-25-46(26-34-52)42-11-5-2-6-12-42/h2-40H,1H3. The van der Waals surface area contributed by atoms with Gasteiger partial charge in [-0.05, 0) is 124 Å². The molecule has 0 saturated carbocycles. The minimum Gasteiger partial charge on any atom is -0.311 e. The van der Waals surface area contributed by atoms with E-state index < -0.39 is 0 Å². The lowest BCUT2D eigenvalue weighted by atomic mass is 9.99. The largest absolute Gasteiger partial charge is 0.311 e. The third kappa shape index (κ3) is 7.76. The second-order valence-corrected chi connectivity index (χ2v) is 14.3. The highest BCUT2D eigenvalue weighted by atomic mass is 15.1. The Labute approximate surface area is 336 Å². The van der Waals surface area contributed by atoms with Crippen LogP contribution < -0.4 is 9.80 Å². The van der Waals surface area contributed by atoms with E-state index in [4.69, 9.17) is 0 Å². The molecule has 0 aromatic heterocycles. The van der Waals surface area contributed by atoms with Gasteiger partial charge in [-0.3, -0.25) is 0 Å². The Kier molecular flexibility index (Phi) is 9.99. The lowest BCUT2D eigenvalue weighted by molar-refractivity contribution is 1.28. The zero-order valence-corrected chi connectivity index (χ0v) is 31.9. The molecular formula is C55H42N2. The molecule has 0 aliphatic heterocycles. The molecule has 9 rings (SSSR count). The van der Waals surface area contributed by atoms with Crippen LogP contribution >= 0.6 is 0 Å². The van der Waals surface area contributed by atoms with E-state index in [9.17, 15) is 0 Å². The minimum absolute atomic E-state index is 1.10. The Morgan fingerprint density at radius 1 is 0.193 bits per heavy atom. The first-order chi connectivity index (χ1) is 28.2. The van der Waals surface area contributed by atoms with E-state index in [-0.39, 0.29) is 0 Å². The Morgan fingerprint density at radius 2 is 0.386 bits per heavy atom. The zero-order valence-electron chi connectivity index (χ0n) is 31.9.